The fraction of sp³-hybridized carbons (Fsp3) is 0.182. The van der Waals surface area contributed by atoms with E-state index in [4.69, 9.17) is 9.47 Å². The molecule has 0 spiro atoms. The van der Waals surface area contributed by atoms with Crippen LogP contribution in [0.5, 0.6) is 23.0 Å². The van der Waals surface area contributed by atoms with Gasteiger partial charge in [0.05, 0.1) is 11.0 Å². The number of fused-ring (bicyclic) bond motifs is 11. The highest BCUT2D eigenvalue weighted by molar-refractivity contribution is 7.00. The van der Waals surface area contributed by atoms with Crippen LogP contribution in [-0.4, -0.2) is 18.0 Å². The maximum absolute atomic E-state index is 7.21. The molecule has 5 nitrogen and oxygen atoms in total. The van der Waals surface area contributed by atoms with Crippen molar-refractivity contribution in [3.8, 4) is 28.7 Å². The van der Waals surface area contributed by atoms with Crippen molar-refractivity contribution >= 4 is 102 Å². The summed E-state index contributed by atoms with van der Waals surface area (Å²) in [5.41, 5.74) is 23.0. The minimum atomic E-state index is -0.0509. The van der Waals surface area contributed by atoms with Gasteiger partial charge >= 0.3 is 0 Å². The highest BCUT2D eigenvalue weighted by atomic mass is 16.5. The summed E-state index contributed by atoms with van der Waals surface area (Å²) < 4.78 is 16.8. The van der Waals surface area contributed by atoms with Gasteiger partial charge in [0, 0.05) is 62.7 Å². The molecule has 0 fully saturated rings. The smallest absolute Gasteiger partial charge is 0.256 e. The summed E-state index contributed by atoms with van der Waals surface area (Å²) in [5.74, 6) is 5.21. The van der Waals surface area contributed by atoms with Gasteiger partial charge < -0.3 is 23.8 Å². The Morgan fingerprint density at radius 3 is 1.15 bits per heavy atom. The predicted molar refractivity (Wildman–Crippen MR) is 309 cm³/mol. The van der Waals surface area contributed by atoms with Gasteiger partial charge in [-0.3, -0.25) is 0 Å². The minimum Gasteiger partial charge on any atom is -0.458 e. The van der Waals surface area contributed by atoms with Crippen molar-refractivity contribution in [2.24, 2.45) is 0 Å². The van der Waals surface area contributed by atoms with Crippen LogP contribution in [-0.2, 0) is 0 Å². The molecular weight excluding hydrogens is 888 g/mol. The van der Waals surface area contributed by atoms with Gasteiger partial charge in [-0.15, -0.1) is 0 Å². The van der Waals surface area contributed by atoms with E-state index < -0.39 is 0 Å². The van der Waals surface area contributed by atoms with Crippen LogP contribution in [0.15, 0.2) is 176 Å². The summed E-state index contributed by atoms with van der Waals surface area (Å²) in [7, 11) is 0. The molecule has 1 aromatic heterocycles. The van der Waals surface area contributed by atoms with E-state index in [0.29, 0.717) is 23.7 Å². The molecule has 73 heavy (non-hydrogen) atoms. The Balaban J connectivity index is 1.01. The molecule has 10 aromatic rings. The Morgan fingerprint density at radius 2 is 0.740 bits per heavy atom. The van der Waals surface area contributed by atoms with Crippen LogP contribution in [0.3, 0.4) is 0 Å². The largest absolute Gasteiger partial charge is 0.458 e. The van der Waals surface area contributed by atoms with E-state index in [-0.39, 0.29) is 13.4 Å². The zero-order chi connectivity index (χ0) is 49.6. The van der Waals surface area contributed by atoms with Gasteiger partial charge in [0.25, 0.3) is 13.4 Å². The monoisotopic (exact) mass is 945 g/mol. The molecule has 0 aliphatic carbocycles. The summed E-state index contributed by atoms with van der Waals surface area (Å²) in [4.78, 5) is 4.92. The maximum Gasteiger partial charge on any atom is 0.256 e. The molecule has 7 heteroatoms. The van der Waals surface area contributed by atoms with Crippen LogP contribution in [0, 0.1) is 0 Å². The van der Waals surface area contributed by atoms with Crippen LogP contribution in [0.4, 0.5) is 34.1 Å². The molecular formula is C66H57B2N3O2. The van der Waals surface area contributed by atoms with Gasteiger partial charge in [0.2, 0.25) is 0 Å². The first kappa shape index (κ1) is 43.9. The van der Waals surface area contributed by atoms with E-state index in [0.717, 1.165) is 62.5 Å². The van der Waals surface area contributed by atoms with Crippen molar-refractivity contribution in [2.45, 2.75) is 79.1 Å². The SMILES string of the molecule is CC(C)c1ccc(N2c3ccc(C(C)C)cc3B3c4cc5c6cc7c(cc6n(-c6ccccc6)c5cc4Oc4cccc2c43)Oc2cccc3c2B7c2cc(C(C)C)ccc2N3c2ccc(C(C)C)cc2)cc1. The van der Waals surface area contributed by atoms with Crippen LogP contribution in [0.1, 0.15) is 101 Å². The normalized spacial score (nSPS) is 13.8. The molecule has 0 saturated carbocycles. The second-order valence-corrected chi connectivity index (χ2v) is 22.0. The topological polar surface area (TPSA) is 29.9 Å². The lowest BCUT2D eigenvalue weighted by Crippen LogP contribution is -2.59. The van der Waals surface area contributed by atoms with E-state index in [1.54, 1.807) is 0 Å². The van der Waals surface area contributed by atoms with Gasteiger partial charge in [-0.25, -0.2) is 0 Å². The number of para-hydroxylation sites is 1. The Labute approximate surface area is 429 Å². The minimum absolute atomic E-state index is 0.0509. The quantitative estimate of drug-likeness (QED) is 0.149. The van der Waals surface area contributed by atoms with E-state index >= 15 is 0 Å². The summed E-state index contributed by atoms with van der Waals surface area (Å²) in [6.45, 7) is 18.1. The second kappa shape index (κ2) is 16.3. The van der Waals surface area contributed by atoms with E-state index in [2.05, 4.69) is 246 Å². The number of nitrogens with zero attached hydrogens (tertiary/aromatic N) is 3. The number of rotatable bonds is 7. The third-order valence-electron chi connectivity index (χ3n) is 16.4. The Morgan fingerprint density at radius 1 is 0.329 bits per heavy atom. The second-order valence-electron chi connectivity index (χ2n) is 22.0. The van der Waals surface area contributed by atoms with Crippen LogP contribution in [0.2, 0.25) is 0 Å². The third kappa shape index (κ3) is 6.56. The molecule has 0 saturated heterocycles. The zero-order valence-electron chi connectivity index (χ0n) is 42.9. The Kier molecular flexibility index (Phi) is 9.80. The van der Waals surface area contributed by atoms with Crippen molar-refractivity contribution in [3.05, 3.63) is 198 Å². The highest BCUT2D eigenvalue weighted by Crippen LogP contribution is 2.46. The lowest BCUT2D eigenvalue weighted by molar-refractivity contribution is 0.488. The van der Waals surface area contributed by atoms with Crippen molar-refractivity contribution in [1.82, 2.24) is 4.57 Å². The van der Waals surface area contributed by atoms with Gasteiger partial charge in [0.15, 0.2) is 0 Å². The Hall–Kier alpha value is -7.89. The van der Waals surface area contributed by atoms with Crippen molar-refractivity contribution < 1.29 is 9.47 Å². The molecule has 0 N–H and O–H groups in total. The molecule has 0 atom stereocenters. The number of benzene rings is 9. The van der Waals surface area contributed by atoms with Crippen molar-refractivity contribution in [3.63, 3.8) is 0 Å². The summed E-state index contributed by atoms with van der Waals surface area (Å²) in [6, 6.07) is 66.2. The number of anilines is 6. The number of hydrogen-bond donors (Lipinski definition) is 0. The average molecular weight is 946 g/mol. The first-order valence-electron chi connectivity index (χ1n) is 26.4. The number of ether oxygens (including phenoxy) is 2. The highest BCUT2D eigenvalue weighted by Gasteiger charge is 2.45. The van der Waals surface area contributed by atoms with E-state index in [9.17, 15) is 0 Å². The summed E-state index contributed by atoms with van der Waals surface area (Å²) >= 11 is 0. The third-order valence-corrected chi connectivity index (χ3v) is 16.4. The molecule has 354 valence electrons. The molecule has 4 aliphatic rings. The molecule has 0 unspecified atom stereocenters. The lowest BCUT2D eigenvalue weighted by Gasteiger charge is -2.40. The van der Waals surface area contributed by atoms with Gasteiger partial charge in [-0.2, -0.15) is 0 Å². The molecule has 0 bridgehead atoms. The molecule has 0 amide bonds. The fourth-order valence-corrected chi connectivity index (χ4v) is 12.6. The molecule has 0 radical (unpaired) electrons. The van der Waals surface area contributed by atoms with Gasteiger partial charge in [0.1, 0.15) is 23.0 Å². The fourth-order valence-electron chi connectivity index (χ4n) is 12.6. The zero-order valence-corrected chi connectivity index (χ0v) is 42.9. The average Bonchev–Trinajstić information content (AvgIpc) is 3.71. The lowest BCUT2D eigenvalue weighted by atomic mass is 9.33. The number of hydrogen-bond acceptors (Lipinski definition) is 4. The first-order chi connectivity index (χ1) is 35.5. The Bertz CT molecular complexity index is 3660. The van der Waals surface area contributed by atoms with Crippen LogP contribution < -0.4 is 52.1 Å². The van der Waals surface area contributed by atoms with Crippen LogP contribution >= 0.6 is 0 Å². The van der Waals surface area contributed by atoms with Crippen LogP contribution in [0.25, 0.3) is 27.5 Å². The molecule has 5 heterocycles. The maximum atomic E-state index is 7.21. The number of aromatic nitrogens is 1. The van der Waals surface area contributed by atoms with E-state index in [1.165, 1.54) is 77.2 Å². The van der Waals surface area contributed by atoms with Gasteiger partial charge in [-0.1, -0.05) is 146 Å². The summed E-state index contributed by atoms with van der Waals surface area (Å²) in [6.07, 6.45) is 0. The van der Waals surface area contributed by atoms with Crippen molar-refractivity contribution in [1.29, 1.82) is 0 Å². The summed E-state index contributed by atoms with van der Waals surface area (Å²) in [5, 5.41) is 2.38. The molecule has 4 aliphatic heterocycles. The molecule has 14 rings (SSSR count). The first-order valence-corrected chi connectivity index (χ1v) is 26.4. The van der Waals surface area contributed by atoms with E-state index in [1.807, 2.05) is 0 Å². The standard InChI is InChI=1S/C66H57B2N3O2/c1-38(2)42-20-26-47(27-21-42)69-55-30-24-44(40(5)6)32-51(55)67-53-34-49-50-35-54-64(37-60(50)71(46-14-10-9-11-15-46)59(49)36-63(53)72-61-18-12-16-57(69)65(61)67)73-62-19-13-17-58-66(62)68(54)52-33-45(41(7)8)25-31-56(52)70(58)48-28-22-43(23-29-48)39(3)4/h9-41H,1-8H3. The van der Waals surface area contributed by atoms with Crippen molar-refractivity contribution in [2.75, 3.05) is 9.80 Å². The predicted octanol–water partition coefficient (Wildman–Crippen LogP) is 14.1. The van der Waals surface area contributed by atoms with Gasteiger partial charge in [-0.05, 0) is 151 Å². The molecule has 9 aromatic carbocycles.